The first-order valence-corrected chi connectivity index (χ1v) is 7.28. The molecule has 1 fully saturated rings. The van der Waals surface area contributed by atoms with Gasteiger partial charge in [-0.05, 0) is 30.7 Å². The van der Waals surface area contributed by atoms with E-state index in [-0.39, 0.29) is 5.91 Å². The summed E-state index contributed by atoms with van der Waals surface area (Å²) in [6, 6.07) is 8.00. The van der Waals surface area contributed by atoms with Crippen molar-refractivity contribution in [1.82, 2.24) is 4.98 Å². The summed E-state index contributed by atoms with van der Waals surface area (Å²) in [5.41, 5.74) is 4.91. The van der Waals surface area contributed by atoms with Gasteiger partial charge in [0.25, 0.3) is 0 Å². The van der Waals surface area contributed by atoms with Crippen molar-refractivity contribution in [3.63, 3.8) is 0 Å². The third-order valence-electron chi connectivity index (χ3n) is 3.21. The predicted octanol–water partition coefficient (Wildman–Crippen LogP) is 2.88. The van der Waals surface area contributed by atoms with Gasteiger partial charge in [0.2, 0.25) is 5.91 Å². The molecular weight excluding hydrogens is 258 g/mol. The van der Waals surface area contributed by atoms with Gasteiger partial charge in [0.15, 0.2) is 0 Å². The van der Waals surface area contributed by atoms with Crippen molar-refractivity contribution >= 4 is 28.6 Å². The first kappa shape index (κ1) is 12.2. The van der Waals surface area contributed by atoms with E-state index in [9.17, 15) is 4.79 Å². The Morgan fingerprint density at radius 1 is 1.32 bits per heavy atom. The number of thiazole rings is 1. The number of aromatic nitrogens is 1. The molecule has 2 aromatic rings. The summed E-state index contributed by atoms with van der Waals surface area (Å²) in [4.78, 5) is 17.7. The second-order valence-electron chi connectivity index (χ2n) is 4.53. The van der Waals surface area contributed by atoms with Crippen molar-refractivity contribution in [2.75, 3.05) is 16.8 Å². The molecule has 1 aromatic carbocycles. The number of nitrogens with zero attached hydrogens (tertiary/aromatic N) is 2. The number of carbonyl (C=O) groups excluding carboxylic acids is 1. The third-order valence-corrected chi connectivity index (χ3v) is 3.84. The van der Waals surface area contributed by atoms with Crippen LogP contribution < -0.4 is 10.2 Å². The number of anilines is 2. The van der Waals surface area contributed by atoms with Crippen LogP contribution in [-0.4, -0.2) is 17.4 Å². The fourth-order valence-corrected chi connectivity index (χ4v) is 2.76. The topological polar surface area (TPSA) is 45.2 Å². The van der Waals surface area contributed by atoms with E-state index in [1.54, 1.807) is 11.3 Å². The third kappa shape index (κ3) is 2.76. The Morgan fingerprint density at radius 3 is 2.79 bits per heavy atom. The molecule has 3 rings (SSSR count). The van der Waals surface area contributed by atoms with Crippen molar-refractivity contribution in [3.05, 3.63) is 40.8 Å². The Labute approximate surface area is 116 Å². The Bertz CT molecular complexity index is 551. The van der Waals surface area contributed by atoms with Gasteiger partial charge in [-0.25, -0.2) is 4.98 Å². The van der Waals surface area contributed by atoms with E-state index in [0.717, 1.165) is 36.6 Å². The average Bonchev–Trinajstić information content (AvgIpc) is 3.08. The molecule has 0 saturated carbocycles. The van der Waals surface area contributed by atoms with E-state index < -0.39 is 0 Å². The molecule has 98 valence electrons. The van der Waals surface area contributed by atoms with E-state index in [1.807, 2.05) is 40.1 Å². The monoisotopic (exact) mass is 273 g/mol. The number of amides is 1. The van der Waals surface area contributed by atoms with Gasteiger partial charge in [-0.15, -0.1) is 11.3 Å². The maximum Gasteiger partial charge on any atom is 0.227 e. The summed E-state index contributed by atoms with van der Waals surface area (Å²) in [5, 5.41) is 5.35. The van der Waals surface area contributed by atoms with Crippen LogP contribution in [0.25, 0.3) is 0 Å². The average molecular weight is 273 g/mol. The fourth-order valence-electron chi connectivity index (χ4n) is 2.20. The quantitative estimate of drug-likeness (QED) is 0.931. The highest BCUT2D eigenvalue weighted by atomic mass is 32.1. The molecule has 0 unspecified atom stereocenters. The maximum atomic E-state index is 11.6. The van der Waals surface area contributed by atoms with Crippen molar-refractivity contribution in [2.45, 2.75) is 19.4 Å². The van der Waals surface area contributed by atoms with Gasteiger partial charge < -0.3 is 10.2 Å². The largest absolute Gasteiger partial charge is 0.379 e. The van der Waals surface area contributed by atoms with Gasteiger partial charge in [-0.1, -0.05) is 0 Å². The van der Waals surface area contributed by atoms with Crippen molar-refractivity contribution in [1.29, 1.82) is 0 Å². The molecule has 0 aliphatic carbocycles. The zero-order chi connectivity index (χ0) is 13.1. The molecule has 1 saturated heterocycles. The zero-order valence-corrected chi connectivity index (χ0v) is 11.3. The first-order valence-electron chi connectivity index (χ1n) is 6.34. The molecule has 0 spiro atoms. The molecule has 1 aromatic heterocycles. The minimum absolute atomic E-state index is 0.225. The summed E-state index contributed by atoms with van der Waals surface area (Å²) in [5.74, 6) is 0.225. The summed E-state index contributed by atoms with van der Waals surface area (Å²) in [6.07, 6.45) is 1.63. The Morgan fingerprint density at radius 2 is 2.16 bits per heavy atom. The normalized spacial score (nSPS) is 14.9. The van der Waals surface area contributed by atoms with Crippen LogP contribution in [0.3, 0.4) is 0 Å². The number of hydrogen-bond donors (Lipinski definition) is 1. The van der Waals surface area contributed by atoms with Gasteiger partial charge in [0.1, 0.15) is 0 Å². The van der Waals surface area contributed by atoms with E-state index in [0.29, 0.717) is 6.42 Å². The van der Waals surface area contributed by atoms with E-state index in [1.165, 1.54) is 0 Å². The predicted molar refractivity (Wildman–Crippen MR) is 77.5 cm³/mol. The zero-order valence-electron chi connectivity index (χ0n) is 10.5. The lowest BCUT2D eigenvalue weighted by Crippen LogP contribution is -2.23. The molecule has 4 nitrogen and oxygen atoms in total. The SMILES string of the molecule is O=C1CCCN1c1ccc(NCc2cscn2)cc1. The number of hydrogen-bond acceptors (Lipinski definition) is 4. The molecule has 1 amide bonds. The van der Waals surface area contributed by atoms with Crippen molar-refractivity contribution in [2.24, 2.45) is 0 Å². The van der Waals surface area contributed by atoms with E-state index in [4.69, 9.17) is 0 Å². The molecule has 0 bridgehead atoms. The van der Waals surface area contributed by atoms with Crippen LogP contribution >= 0.6 is 11.3 Å². The van der Waals surface area contributed by atoms with Gasteiger partial charge in [0, 0.05) is 29.7 Å². The van der Waals surface area contributed by atoms with Crippen LogP contribution in [0.5, 0.6) is 0 Å². The summed E-state index contributed by atoms with van der Waals surface area (Å²) >= 11 is 1.60. The number of benzene rings is 1. The van der Waals surface area contributed by atoms with Gasteiger partial charge in [0.05, 0.1) is 17.7 Å². The molecule has 5 heteroatoms. The van der Waals surface area contributed by atoms with Gasteiger partial charge in [-0.2, -0.15) is 0 Å². The highest BCUT2D eigenvalue weighted by Gasteiger charge is 2.21. The molecule has 1 aliphatic rings. The molecule has 0 radical (unpaired) electrons. The Hall–Kier alpha value is -1.88. The lowest BCUT2D eigenvalue weighted by Gasteiger charge is -2.16. The molecule has 1 N–H and O–H groups in total. The molecule has 0 atom stereocenters. The van der Waals surface area contributed by atoms with Crippen LogP contribution in [0.15, 0.2) is 35.2 Å². The minimum atomic E-state index is 0.225. The molecule has 19 heavy (non-hydrogen) atoms. The molecule has 1 aliphatic heterocycles. The maximum absolute atomic E-state index is 11.6. The van der Waals surface area contributed by atoms with Crippen molar-refractivity contribution in [3.8, 4) is 0 Å². The molecular formula is C14H15N3OS. The highest BCUT2D eigenvalue weighted by molar-refractivity contribution is 7.07. The second-order valence-corrected chi connectivity index (χ2v) is 5.25. The lowest BCUT2D eigenvalue weighted by molar-refractivity contribution is -0.117. The molecule has 2 heterocycles. The van der Waals surface area contributed by atoms with Crippen LogP contribution in [0.2, 0.25) is 0 Å². The van der Waals surface area contributed by atoms with Crippen LogP contribution in [0.1, 0.15) is 18.5 Å². The minimum Gasteiger partial charge on any atom is -0.379 e. The van der Waals surface area contributed by atoms with Crippen LogP contribution in [-0.2, 0) is 11.3 Å². The van der Waals surface area contributed by atoms with Crippen molar-refractivity contribution < 1.29 is 4.79 Å². The Balaban J connectivity index is 1.64. The van der Waals surface area contributed by atoms with Gasteiger partial charge in [-0.3, -0.25) is 4.79 Å². The Kier molecular flexibility index (Phi) is 3.46. The number of rotatable bonds is 4. The van der Waals surface area contributed by atoms with Crippen LogP contribution in [0.4, 0.5) is 11.4 Å². The summed E-state index contributed by atoms with van der Waals surface area (Å²) < 4.78 is 0. The lowest BCUT2D eigenvalue weighted by atomic mass is 10.2. The first-order chi connectivity index (χ1) is 9.33. The summed E-state index contributed by atoms with van der Waals surface area (Å²) in [7, 11) is 0. The highest BCUT2D eigenvalue weighted by Crippen LogP contribution is 2.23. The number of carbonyl (C=O) groups is 1. The second kappa shape index (κ2) is 5.40. The number of nitrogens with one attached hydrogen (secondary N) is 1. The van der Waals surface area contributed by atoms with E-state index in [2.05, 4.69) is 10.3 Å². The smallest absolute Gasteiger partial charge is 0.227 e. The van der Waals surface area contributed by atoms with Gasteiger partial charge >= 0.3 is 0 Å². The standard InChI is InChI=1S/C14H15N3OS/c18-14-2-1-7-17(14)13-5-3-11(4-6-13)15-8-12-9-19-10-16-12/h3-6,9-10,15H,1-2,7-8H2. The van der Waals surface area contributed by atoms with Crippen LogP contribution in [0, 0.1) is 0 Å². The summed E-state index contributed by atoms with van der Waals surface area (Å²) in [6.45, 7) is 1.57. The van der Waals surface area contributed by atoms with E-state index >= 15 is 0 Å². The fraction of sp³-hybridized carbons (Fsp3) is 0.286.